The molecule has 3 rings (SSSR count). The summed E-state index contributed by atoms with van der Waals surface area (Å²) < 4.78 is 21.9. The number of phenolic OH excluding ortho intramolecular Hbond substituents is 4. The Hall–Kier alpha value is -4.12. The number of azide groups is 1. The van der Waals surface area contributed by atoms with Crippen LogP contribution in [0, 0.1) is 0 Å². The van der Waals surface area contributed by atoms with E-state index in [0.29, 0.717) is 0 Å². The maximum atomic E-state index is 13.1. The number of hydrogen-bond acceptors (Lipinski definition) is 10. The molecule has 0 aliphatic carbocycles. The normalized spacial score (nSPS) is 10.8. The molecule has 0 saturated heterocycles. The molecule has 12 nitrogen and oxygen atoms in total. The molecule has 33 heavy (non-hydrogen) atoms. The molecule has 0 atom stereocenters. The van der Waals surface area contributed by atoms with Crippen LogP contribution in [0.5, 0.6) is 28.7 Å². The van der Waals surface area contributed by atoms with E-state index in [1.807, 2.05) is 0 Å². The van der Waals surface area contributed by atoms with Gasteiger partial charge in [-0.15, -0.1) is 0 Å². The van der Waals surface area contributed by atoms with Gasteiger partial charge in [0.1, 0.15) is 29.1 Å². The zero-order valence-corrected chi connectivity index (χ0v) is 17.3. The Kier molecular flexibility index (Phi) is 7.82. The second-order valence-corrected chi connectivity index (χ2v) is 6.66. The molecule has 0 unspecified atom stereocenters. The van der Waals surface area contributed by atoms with E-state index in [-0.39, 0.29) is 79.1 Å². The van der Waals surface area contributed by atoms with E-state index >= 15 is 0 Å². The first-order valence-electron chi connectivity index (χ1n) is 9.76. The molecule has 0 aliphatic heterocycles. The van der Waals surface area contributed by atoms with Crippen molar-refractivity contribution in [3.05, 3.63) is 51.0 Å². The SMILES string of the molecule is [N-]=[N+]=NCCOCCOCCOc1c(-c2ccc(O)c(O)c2)oc2cc(O)cc(O)c2c1=O. The third-order valence-electron chi connectivity index (χ3n) is 4.40. The minimum Gasteiger partial charge on any atom is -0.508 e. The molecule has 2 aromatic carbocycles. The molecule has 0 saturated carbocycles. The van der Waals surface area contributed by atoms with Crippen LogP contribution >= 0.6 is 0 Å². The summed E-state index contributed by atoms with van der Waals surface area (Å²) in [6, 6.07) is 5.96. The zero-order chi connectivity index (χ0) is 23.8. The van der Waals surface area contributed by atoms with E-state index in [1.165, 1.54) is 18.2 Å². The summed E-state index contributed by atoms with van der Waals surface area (Å²) in [5.41, 5.74) is 7.60. The molecule has 3 aromatic rings. The summed E-state index contributed by atoms with van der Waals surface area (Å²) in [4.78, 5) is 15.7. The summed E-state index contributed by atoms with van der Waals surface area (Å²) in [5, 5.41) is 42.4. The fourth-order valence-corrected chi connectivity index (χ4v) is 2.93. The topological polar surface area (TPSA) is 188 Å². The standard InChI is InChI=1S/C21H21N3O9/c22-24-23-3-4-30-5-6-31-7-8-32-21-19(29)18-16(28)10-13(25)11-17(18)33-20(21)12-1-2-14(26)15(27)9-12/h1-2,9-11,25-28H,3-8H2. The molecule has 12 heteroatoms. The van der Waals surface area contributed by atoms with Crippen LogP contribution in [0.4, 0.5) is 0 Å². The fourth-order valence-electron chi connectivity index (χ4n) is 2.93. The van der Waals surface area contributed by atoms with Gasteiger partial charge >= 0.3 is 0 Å². The molecule has 0 radical (unpaired) electrons. The van der Waals surface area contributed by atoms with Crippen LogP contribution in [-0.2, 0) is 9.47 Å². The third-order valence-corrected chi connectivity index (χ3v) is 4.40. The van der Waals surface area contributed by atoms with E-state index in [0.717, 1.165) is 12.1 Å². The monoisotopic (exact) mass is 459 g/mol. The van der Waals surface area contributed by atoms with Gasteiger partial charge in [0, 0.05) is 29.2 Å². The van der Waals surface area contributed by atoms with Crippen molar-refractivity contribution in [3.63, 3.8) is 0 Å². The molecule has 0 amide bonds. The lowest BCUT2D eigenvalue weighted by Crippen LogP contribution is -2.16. The van der Waals surface area contributed by atoms with Crippen LogP contribution in [-0.4, -0.2) is 60.0 Å². The first-order chi connectivity index (χ1) is 15.9. The maximum Gasteiger partial charge on any atom is 0.239 e. The minimum atomic E-state index is -0.697. The van der Waals surface area contributed by atoms with Crippen molar-refractivity contribution in [1.82, 2.24) is 0 Å². The molecule has 0 spiro atoms. The van der Waals surface area contributed by atoms with E-state index in [1.54, 1.807) is 0 Å². The van der Waals surface area contributed by atoms with Gasteiger partial charge < -0.3 is 39.1 Å². The van der Waals surface area contributed by atoms with E-state index in [2.05, 4.69) is 10.0 Å². The average Bonchev–Trinajstić information content (AvgIpc) is 2.77. The number of aromatic hydroxyl groups is 4. The van der Waals surface area contributed by atoms with Crippen molar-refractivity contribution < 1.29 is 39.1 Å². The summed E-state index contributed by atoms with van der Waals surface area (Å²) in [6.45, 7) is 1.05. The molecule has 1 heterocycles. The van der Waals surface area contributed by atoms with E-state index in [4.69, 9.17) is 24.2 Å². The predicted molar refractivity (Wildman–Crippen MR) is 116 cm³/mol. The molecule has 1 aromatic heterocycles. The smallest absolute Gasteiger partial charge is 0.239 e. The average molecular weight is 459 g/mol. The van der Waals surface area contributed by atoms with E-state index < -0.39 is 16.9 Å². The van der Waals surface area contributed by atoms with Crippen molar-refractivity contribution in [1.29, 1.82) is 0 Å². The number of benzene rings is 2. The summed E-state index contributed by atoms with van der Waals surface area (Å²) in [7, 11) is 0. The van der Waals surface area contributed by atoms with Crippen molar-refractivity contribution in [2.45, 2.75) is 0 Å². The lowest BCUT2D eigenvalue weighted by atomic mass is 10.1. The minimum absolute atomic E-state index is 0.0507. The fraction of sp³-hybridized carbons (Fsp3) is 0.286. The Balaban J connectivity index is 1.79. The zero-order valence-electron chi connectivity index (χ0n) is 17.3. The van der Waals surface area contributed by atoms with Crippen LogP contribution < -0.4 is 10.2 Å². The van der Waals surface area contributed by atoms with Gasteiger partial charge in [0.2, 0.25) is 11.2 Å². The van der Waals surface area contributed by atoms with Crippen molar-refractivity contribution in [2.75, 3.05) is 39.6 Å². The second-order valence-electron chi connectivity index (χ2n) is 6.66. The van der Waals surface area contributed by atoms with Crippen LogP contribution in [0.1, 0.15) is 0 Å². The van der Waals surface area contributed by atoms with Crippen LogP contribution in [0.3, 0.4) is 0 Å². The van der Waals surface area contributed by atoms with Gasteiger partial charge in [-0.2, -0.15) is 0 Å². The summed E-state index contributed by atoms with van der Waals surface area (Å²) in [5.74, 6) is -1.93. The first-order valence-corrected chi connectivity index (χ1v) is 9.76. The largest absolute Gasteiger partial charge is 0.508 e. The molecular formula is C21H21N3O9. The van der Waals surface area contributed by atoms with Gasteiger partial charge in [0.25, 0.3) is 0 Å². The summed E-state index contributed by atoms with van der Waals surface area (Å²) in [6.07, 6.45) is 0. The molecule has 174 valence electrons. The second kappa shape index (κ2) is 11.0. The first kappa shape index (κ1) is 23.5. The highest BCUT2D eigenvalue weighted by atomic mass is 16.5. The Labute approximate surface area is 186 Å². The van der Waals surface area contributed by atoms with E-state index in [9.17, 15) is 25.2 Å². The maximum absolute atomic E-state index is 13.1. The number of hydrogen-bond donors (Lipinski definition) is 4. The lowest BCUT2D eigenvalue weighted by molar-refractivity contribution is 0.0386. The molecule has 0 bridgehead atoms. The van der Waals surface area contributed by atoms with Gasteiger partial charge in [0.15, 0.2) is 17.3 Å². The lowest BCUT2D eigenvalue weighted by Gasteiger charge is -2.13. The highest BCUT2D eigenvalue weighted by molar-refractivity contribution is 5.88. The number of nitrogens with zero attached hydrogens (tertiary/aromatic N) is 3. The highest BCUT2D eigenvalue weighted by Crippen LogP contribution is 2.38. The van der Waals surface area contributed by atoms with Crippen molar-refractivity contribution >= 4 is 11.0 Å². The van der Waals surface area contributed by atoms with Crippen LogP contribution in [0.15, 0.2) is 44.7 Å². The highest BCUT2D eigenvalue weighted by Gasteiger charge is 2.21. The van der Waals surface area contributed by atoms with Gasteiger partial charge in [0.05, 0.1) is 26.4 Å². The van der Waals surface area contributed by atoms with Crippen molar-refractivity contribution in [3.8, 4) is 40.1 Å². The van der Waals surface area contributed by atoms with Crippen molar-refractivity contribution in [2.24, 2.45) is 5.11 Å². The predicted octanol–water partition coefficient (Wildman–Crippen LogP) is 3.00. The number of fused-ring (bicyclic) bond motifs is 1. The van der Waals surface area contributed by atoms with Crippen LogP contribution in [0.25, 0.3) is 32.7 Å². The van der Waals surface area contributed by atoms with Gasteiger partial charge in [-0.05, 0) is 23.7 Å². The molecule has 4 N–H and O–H groups in total. The third kappa shape index (κ3) is 5.77. The molecule has 0 fully saturated rings. The quantitative estimate of drug-likeness (QED) is 0.110. The van der Waals surface area contributed by atoms with Gasteiger partial charge in [-0.3, -0.25) is 4.79 Å². The Morgan fingerprint density at radius 2 is 1.64 bits per heavy atom. The Bertz CT molecular complexity index is 1240. The Morgan fingerprint density at radius 1 is 0.909 bits per heavy atom. The van der Waals surface area contributed by atoms with Gasteiger partial charge in [-0.1, -0.05) is 5.11 Å². The Morgan fingerprint density at radius 3 is 2.36 bits per heavy atom. The molecular weight excluding hydrogens is 438 g/mol. The molecule has 0 aliphatic rings. The number of rotatable bonds is 11. The number of phenols is 4. The summed E-state index contributed by atoms with van der Waals surface area (Å²) >= 11 is 0. The number of ether oxygens (including phenoxy) is 3. The van der Waals surface area contributed by atoms with Crippen LogP contribution in [0.2, 0.25) is 0 Å². The van der Waals surface area contributed by atoms with Gasteiger partial charge in [-0.25, -0.2) is 0 Å².